The van der Waals surface area contributed by atoms with E-state index in [1.807, 2.05) is 30.4 Å². The van der Waals surface area contributed by atoms with Crippen LogP contribution >= 0.6 is 0 Å². The zero-order valence-corrected chi connectivity index (χ0v) is 9.51. The zero-order chi connectivity index (χ0) is 13.1. The van der Waals surface area contributed by atoms with E-state index >= 15 is 0 Å². The minimum atomic E-state index is -4.83. The Morgan fingerprint density at radius 3 is 2.53 bits per heavy atom. The van der Waals surface area contributed by atoms with Gasteiger partial charge in [0.25, 0.3) is 0 Å². The van der Waals surface area contributed by atoms with Gasteiger partial charge in [-0.3, -0.25) is 4.79 Å². The lowest BCUT2D eigenvalue weighted by molar-refractivity contribution is -0.173. The van der Waals surface area contributed by atoms with Crippen molar-refractivity contribution < 1.29 is 18.0 Å². The lowest BCUT2D eigenvalue weighted by Crippen LogP contribution is -2.36. The Labute approximate surface area is 97.2 Å². The number of amides is 1. The van der Waals surface area contributed by atoms with Crippen molar-refractivity contribution in [2.75, 3.05) is 19.0 Å². The number of benzene rings is 1. The number of hydrogen-bond donors (Lipinski definition) is 1. The molecule has 94 valence electrons. The molecule has 1 rings (SSSR count). The molecule has 1 N–H and O–H groups in total. The number of carbonyl (C=O) groups is 1. The second-order valence-electron chi connectivity index (χ2n) is 3.74. The topological polar surface area (TPSA) is 32.3 Å². The Balaban J connectivity index is 2.64. The average molecular weight is 246 g/mol. The van der Waals surface area contributed by atoms with Gasteiger partial charge < -0.3 is 10.2 Å². The maximum Gasteiger partial charge on any atom is 0.471 e. The average Bonchev–Trinajstić information content (AvgIpc) is 2.25. The fourth-order valence-corrected chi connectivity index (χ4v) is 1.23. The number of nitrogens with one attached hydrogen (secondary N) is 1. The van der Waals surface area contributed by atoms with E-state index in [0.29, 0.717) is 5.56 Å². The van der Waals surface area contributed by atoms with E-state index in [4.69, 9.17) is 0 Å². The van der Waals surface area contributed by atoms with Crippen LogP contribution in [0.4, 0.5) is 18.9 Å². The van der Waals surface area contributed by atoms with Crippen molar-refractivity contribution in [1.82, 2.24) is 5.32 Å². The van der Waals surface area contributed by atoms with Gasteiger partial charge >= 0.3 is 12.1 Å². The molecule has 0 aromatic heterocycles. The molecule has 0 heterocycles. The summed E-state index contributed by atoms with van der Waals surface area (Å²) in [4.78, 5) is 12.4. The Hall–Kier alpha value is -1.72. The summed E-state index contributed by atoms with van der Waals surface area (Å²) >= 11 is 0. The van der Waals surface area contributed by atoms with Crippen LogP contribution in [-0.4, -0.2) is 26.2 Å². The molecule has 1 amide bonds. The maximum absolute atomic E-state index is 11.9. The molecule has 0 aliphatic carbocycles. The SMILES string of the molecule is CN(C)c1cccc(CNC(=O)C(F)(F)F)c1. The molecule has 6 heteroatoms. The summed E-state index contributed by atoms with van der Waals surface area (Å²) in [6, 6.07) is 6.93. The lowest BCUT2D eigenvalue weighted by Gasteiger charge is -2.14. The van der Waals surface area contributed by atoms with Crippen LogP contribution in [0.2, 0.25) is 0 Å². The van der Waals surface area contributed by atoms with E-state index in [9.17, 15) is 18.0 Å². The highest BCUT2D eigenvalue weighted by Gasteiger charge is 2.38. The molecule has 0 fully saturated rings. The van der Waals surface area contributed by atoms with Crippen LogP contribution in [0.3, 0.4) is 0 Å². The molecule has 17 heavy (non-hydrogen) atoms. The molecule has 0 unspecified atom stereocenters. The Bertz CT molecular complexity index is 402. The zero-order valence-electron chi connectivity index (χ0n) is 9.51. The van der Waals surface area contributed by atoms with Crippen molar-refractivity contribution in [3.63, 3.8) is 0 Å². The maximum atomic E-state index is 11.9. The first-order valence-electron chi connectivity index (χ1n) is 4.92. The van der Waals surface area contributed by atoms with Gasteiger partial charge in [0.05, 0.1) is 0 Å². The highest BCUT2D eigenvalue weighted by molar-refractivity contribution is 5.81. The van der Waals surface area contributed by atoms with Crippen molar-refractivity contribution >= 4 is 11.6 Å². The number of rotatable bonds is 3. The van der Waals surface area contributed by atoms with Crippen molar-refractivity contribution in [1.29, 1.82) is 0 Å². The van der Waals surface area contributed by atoms with E-state index in [-0.39, 0.29) is 6.54 Å². The van der Waals surface area contributed by atoms with Crippen LogP contribution in [0.25, 0.3) is 0 Å². The summed E-state index contributed by atoms with van der Waals surface area (Å²) in [7, 11) is 3.65. The van der Waals surface area contributed by atoms with Gasteiger partial charge in [0, 0.05) is 26.3 Å². The first kappa shape index (κ1) is 13.3. The van der Waals surface area contributed by atoms with Gasteiger partial charge in [-0.05, 0) is 17.7 Å². The lowest BCUT2D eigenvalue weighted by atomic mass is 10.2. The molecule has 0 aliphatic heterocycles. The third kappa shape index (κ3) is 3.97. The van der Waals surface area contributed by atoms with E-state index in [1.54, 1.807) is 18.2 Å². The van der Waals surface area contributed by atoms with Crippen molar-refractivity contribution in [2.24, 2.45) is 0 Å². The second kappa shape index (κ2) is 5.07. The summed E-state index contributed by atoms with van der Waals surface area (Å²) in [5.41, 5.74) is 1.48. The molecule has 3 nitrogen and oxygen atoms in total. The quantitative estimate of drug-likeness (QED) is 0.883. The number of halogens is 3. The van der Waals surface area contributed by atoms with Crippen LogP contribution in [0.5, 0.6) is 0 Å². The first-order valence-corrected chi connectivity index (χ1v) is 4.92. The van der Waals surface area contributed by atoms with Gasteiger partial charge in [-0.25, -0.2) is 0 Å². The summed E-state index contributed by atoms with van der Waals surface area (Å²) in [5, 5.41) is 1.82. The molecule has 0 radical (unpaired) electrons. The molecule has 0 saturated carbocycles. The second-order valence-corrected chi connectivity index (χ2v) is 3.74. The van der Waals surface area contributed by atoms with E-state index < -0.39 is 12.1 Å². The van der Waals surface area contributed by atoms with Crippen LogP contribution in [0, 0.1) is 0 Å². The molecule has 1 aromatic rings. The third-order valence-electron chi connectivity index (χ3n) is 2.14. The number of nitrogens with zero attached hydrogens (tertiary/aromatic N) is 1. The number of hydrogen-bond acceptors (Lipinski definition) is 2. The van der Waals surface area contributed by atoms with Gasteiger partial charge in [-0.1, -0.05) is 12.1 Å². The number of anilines is 1. The summed E-state index contributed by atoms with van der Waals surface area (Å²) in [5.74, 6) is -1.92. The summed E-state index contributed by atoms with van der Waals surface area (Å²) in [6.07, 6.45) is -4.83. The predicted octanol–water partition coefficient (Wildman–Crippen LogP) is 1.93. The summed E-state index contributed by atoms with van der Waals surface area (Å²) in [6.45, 7) is -0.139. The van der Waals surface area contributed by atoms with Crippen LogP contribution in [0.15, 0.2) is 24.3 Å². The predicted molar refractivity (Wildman–Crippen MR) is 58.7 cm³/mol. The van der Waals surface area contributed by atoms with Gasteiger partial charge in [0.2, 0.25) is 0 Å². The van der Waals surface area contributed by atoms with Crippen LogP contribution in [-0.2, 0) is 11.3 Å². The standard InChI is InChI=1S/C11H13F3N2O/c1-16(2)9-5-3-4-8(6-9)7-15-10(17)11(12,13)14/h3-6H,7H2,1-2H3,(H,15,17). The van der Waals surface area contributed by atoms with Crippen molar-refractivity contribution in [3.8, 4) is 0 Å². The normalized spacial score (nSPS) is 11.1. The molecule has 0 saturated heterocycles. The smallest absolute Gasteiger partial charge is 0.378 e. The highest BCUT2D eigenvalue weighted by Crippen LogP contribution is 2.16. The molecular formula is C11H13F3N2O. The monoisotopic (exact) mass is 246 g/mol. The van der Waals surface area contributed by atoms with Crippen molar-refractivity contribution in [3.05, 3.63) is 29.8 Å². The number of carbonyl (C=O) groups excluding carboxylic acids is 1. The Morgan fingerprint density at radius 2 is 2.00 bits per heavy atom. The molecule has 0 spiro atoms. The molecule has 0 bridgehead atoms. The van der Waals surface area contributed by atoms with Gasteiger partial charge in [0.15, 0.2) is 0 Å². The largest absolute Gasteiger partial charge is 0.471 e. The Morgan fingerprint density at radius 1 is 1.35 bits per heavy atom. The van der Waals surface area contributed by atoms with E-state index in [0.717, 1.165) is 5.69 Å². The van der Waals surface area contributed by atoms with Gasteiger partial charge in [-0.2, -0.15) is 13.2 Å². The fraction of sp³-hybridized carbons (Fsp3) is 0.364. The highest BCUT2D eigenvalue weighted by atomic mass is 19.4. The summed E-state index contributed by atoms with van der Waals surface area (Å²) < 4.78 is 35.8. The minimum absolute atomic E-state index is 0.139. The van der Waals surface area contributed by atoms with E-state index in [1.165, 1.54) is 0 Å². The minimum Gasteiger partial charge on any atom is -0.378 e. The fourth-order valence-electron chi connectivity index (χ4n) is 1.23. The molecular weight excluding hydrogens is 233 g/mol. The molecule has 1 aromatic carbocycles. The third-order valence-corrected chi connectivity index (χ3v) is 2.14. The van der Waals surface area contributed by atoms with Gasteiger partial charge in [0.1, 0.15) is 0 Å². The number of alkyl halides is 3. The first-order chi connectivity index (χ1) is 7.80. The van der Waals surface area contributed by atoms with Crippen LogP contribution < -0.4 is 10.2 Å². The van der Waals surface area contributed by atoms with E-state index in [2.05, 4.69) is 0 Å². The molecule has 0 aliphatic rings. The van der Waals surface area contributed by atoms with Crippen molar-refractivity contribution in [2.45, 2.75) is 12.7 Å². The van der Waals surface area contributed by atoms with Gasteiger partial charge in [-0.15, -0.1) is 0 Å². The molecule has 0 atom stereocenters. The Kier molecular flexibility index (Phi) is 3.98. The van der Waals surface area contributed by atoms with Crippen LogP contribution in [0.1, 0.15) is 5.56 Å².